The smallest absolute Gasteiger partial charge is 0.191 e. The van der Waals surface area contributed by atoms with E-state index in [0.717, 1.165) is 57.0 Å². The van der Waals surface area contributed by atoms with Crippen molar-refractivity contribution in [3.05, 3.63) is 53.6 Å². The first kappa shape index (κ1) is 19.4. The van der Waals surface area contributed by atoms with Crippen LogP contribution >= 0.6 is 0 Å². The summed E-state index contributed by atoms with van der Waals surface area (Å²) >= 11 is 0. The van der Waals surface area contributed by atoms with Gasteiger partial charge in [0.15, 0.2) is 5.96 Å². The van der Waals surface area contributed by atoms with Gasteiger partial charge in [0.2, 0.25) is 0 Å². The number of benzene rings is 1. The molecule has 1 aliphatic carbocycles. The molecule has 0 radical (unpaired) electrons. The molecule has 0 bridgehead atoms. The van der Waals surface area contributed by atoms with E-state index in [2.05, 4.69) is 49.4 Å². The highest BCUT2D eigenvalue weighted by molar-refractivity contribution is 5.79. The van der Waals surface area contributed by atoms with Gasteiger partial charge in [-0.1, -0.05) is 24.3 Å². The molecule has 0 spiro atoms. The van der Waals surface area contributed by atoms with E-state index in [-0.39, 0.29) is 0 Å². The summed E-state index contributed by atoms with van der Waals surface area (Å²) < 4.78 is 7.81. The van der Waals surface area contributed by atoms with E-state index in [0.29, 0.717) is 0 Å². The van der Waals surface area contributed by atoms with Gasteiger partial charge in [-0.25, -0.2) is 4.98 Å². The maximum Gasteiger partial charge on any atom is 0.191 e. The highest BCUT2D eigenvalue weighted by atomic mass is 16.5. The van der Waals surface area contributed by atoms with Gasteiger partial charge in [-0.15, -0.1) is 0 Å². The Morgan fingerprint density at radius 3 is 2.89 bits per heavy atom. The van der Waals surface area contributed by atoms with Crippen LogP contribution in [-0.2, 0) is 17.8 Å². The van der Waals surface area contributed by atoms with Crippen LogP contribution in [0.2, 0.25) is 0 Å². The molecule has 0 aliphatic heterocycles. The molecule has 1 fully saturated rings. The van der Waals surface area contributed by atoms with Crippen LogP contribution in [0, 0.1) is 12.8 Å². The zero-order valence-electron chi connectivity index (χ0n) is 16.4. The highest BCUT2D eigenvalue weighted by Crippen LogP contribution is 2.28. The fourth-order valence-corrected chi connectivity index (χ4v) is 2.93. The summed E-state index contributed by atoms with van der Waals surface area (Å²) in [6.45, 7) is 6.22. The van der Waals surface area contributed by atoms with Crippen LogP contribution in [0.5, 0.6) is 0 Å². The van der Waals surface area contributed by atoms with Crippen molar-refractivity contribution < 1.29 is 4.74 Å². The van der Waals surface area contributed by atoms with Gasteiger partial charge in [0.05, 0.1) is 0 Å². The Bertz CT molecular complexity index is 736. The number of aryl methyl sites for hydroxylation is 1. The number of hydrogen-bond acceptors (Lipinski definition) is 3. The number of imidazole rings is 1. The quantitative estimate of drug-likeness (QED) is 0.384. The van der Waals surface area contributed by atoms with Gasteiger partial charge in [0.1, 0.15) is 5.82 Å². The Balaban J connectivity index is 1.38. The number of guanidine groups is 1. The van der Waals surface area contributed by atoms with Gasteiger partial charge in [-0.2, -0.15) is 0 Å². The zero-order chi connectivity index (χ0) is 18.9. The predicted octanol–water partition coefficient (Wildman–Crippen LogP) is 2.72. The molecule has 2 aromatic rings. The SMILES string of the molecule is CN=C(NCCCOCC1CC1)NCc1cccc(Cn2ccnc2C)c1. The Morgan fingerprint density at radius 2 is 2.15 bits per heavy atom. The molecule has 0 amide bonds. The molecule has 0 unspecified atom stereocenters. The van der Waals surface area contributed by atoms with Crippen molar-refractivity contribution in [1.82, 2.24) is 20.2 Å². The number of hydrogen-bond donors (Lipinski definition) is 2. The zero-order valence-corrected chi connectivity index (χ0v) is 16.4. The van der Waals surface area contributed by atoms with Gasteiger partial charge < -0.3 is 19.9 Å². The second-order valence-corrected chi connectivity index (χ2v) is 7.15. The summed E-state index contributed by atoms with van der Waals surface area (Å²) in [7, 11) is 1.80. The van der Waals surface area contributed by atoms with E-state index < -0.39 is 0 Å². The van der Waals surface area contributed by atoms with E-state index in [1.807, 2.05) is 19.3 Å². The van der Waals surface area contributed by atoms with Crippen molar-refractivity contribution in [3.8, 4) is 0 Å². The highest BCUT2D eigenvalue weighted by Gasteiger charge is 2.20. The lowest BCUT2D eigenvalue weighted by molar-refractivity contribution is 0.123. The molecule has 1 aromatic carbocycles. The van der Waals surface area contributed by atoms with Gasteiger partial charge in [-0.3, -0.25) is 4.99 Å². The number of rotatable bonds is 10. The molecule has 0 atom stereocenters. The van der Waals surface area contributed by atoms with Gasteiger partial charge >= 0.3 is 0 Å². The third kappa shape index (κ3) is 6.71. The molecule has 1 saturated carbocycles. The molecule has 27 heavy (non-hydrogen) atoms. The van der Waals surface area contributed by atoms with Crippen molar-refractivity contribution in [2.45, 2.75) is 39.3 Å². The molecule has 2 N–H and O–H groups in total. The number of aromatic nitrogens is 2. The van der Waals surface area contributed by atoms with Crippen LogP contribution in [0.4, 0.5) is 0 Å². The molecular weight excluding hydrogens is 338 g/mol. The van der Waals surface area contributed by atoms with Crippen LogP contribution in [0.25, 0.3) is 0 Å². The lowest BCUT2D eigenvalue weighted by Crippen LogP contribution is -2.37. The standard InChI is InChI=1S/C21H31N5O/c1-17-23-10-11-26(17)15-20-6-3-5-19(13-20)14-25-21(22-2)24-9-4-12-27-16-18-7-8-18/h3,5-6,10-11,13,18H,4,7-9,12,14-16H2,1-2H3,(H2,22,24,25). The molecular formula is C21H31N5O. The summed E-state index contributed by atoms with van der Waals surface area (Å²) in [6, 6.07) is 8.62. The minimum atomic E-state index is 0.745. The Kier molecular flexibility index (Phi) is 7.27. The second kappa shape index (κ2) is 10.1. The summed E-state index contributed by atoms with van der Waals surface area (Å²) in [4.78, 5) is 8.58. The van der Waals surface area contributed by atoms with Crippen molar-refractivity contribution in [1.29, 1.82) is 0 Å². The number of ether oxygens (including phenoxy) is 1. The fraction of sp³-hybridized carbons (Fsp3) is 0.524. The first-order chi connectivity index (χ1) is 13.2. The molecule has 146 valence electrons. The van der Waals surface area contributed by atoms with Crippen molar-refractivity contribution in [2.75, 3.05) is 26.8 Å². The van der Waals surface area contributed by atoms with Crippen LogP contribution in [0.15, 0.2) is 41.7 Å². The molecule has 1 heterocycles. The van der Waals surface area contributed by atoms with Gasteiger partial charge in [0, 0.05) is 52.3 Å². The first-order valence-electron chi connectivity index (χ1n) is 9.82. The average Bonchev–Trinajstić information content (AvgIpc) is 3.42. The van der Waals surface area contributed by atoms with E-state index in [4.69, 9.17) is 4.74 Å². The summed E-state index contributed by atoms with van der Waals surface area (Å²) in [5.74, 6) is 2.69. The minimum absolute atomic E-state index is 0.745. The normalized spacial score (nSPS) is 14.4. The summed E-state index contributed by atoms with van der Waals surface area (Å²) in [5.41, 5.74) is 2.51. The van der Waals surface area contributed by atoms with Crippen LogP contribution in [-0.4, -0.2) is 42.3 Å². The van der Waals surface area contributed by atoms with Crippen LogP contribution in [0.3, 0.4) is 0 Å². The molecule has 1 aliphatic rings. The summed E-state index contributed by atoms with van der Waals surface area (Å²) in [6.07, 6.45) is 7.54. The molecule has 1 aromatic heterocycles. The van der Waals surface area contributed by atoms with Crippen molar-refractivity contribution >= 4 is 5.96 Å². The average molecular weight is 370 g/mol. The first-order valence-corrected chi connectivity index (χ1v) is 9.82. The van der Waals surface area contributed by atoms with Gasteiger partial charge in [0.25, 0.3) is 0 Å². The minimum Gasteiger partial charge on any atom is -0.381 e. The topological polar surface area (TPSA) is 63.5 Å². The molecule has 6 nitrogen and oxygen atoms in total. The van der Waals surface area contributed by atoms with Crippen molar-refractivity contribution in [2.24, 2.45) is 10.9 Å². The number of nitrogens with zero attached hydrogens (tertiary/aromatic N) is 3. The maximum absolute atomic E-state index is 5.66. The Labute approximate surface area is 162 Å². The van der Waals surface area contributed by atoms with Gasteiger partial charge in [-0.05, 0) is 43.2 Å². The predicted molar refractivity (Wildman–Crippen MR) is 109 cm³/mol. The largest absolute Gasteiger partial charge is 0.381 e. The second-order valence-electron chi connectivity index (χ2n) is 7.15. The van der Waals surface area contributed by atoms with E-state index in [9.17, 15) is 0 Å². The lowest BCUT2D eigenvalue weighted by atomic mass is 10.1. The number of nitrogens with one attached hydrogen (secondary N) is 2. The van der Waals surface area contributed by atoms with E-state index in [1.165, 1.54) is 24.0 Å². The number of aliphatic imine (C=N–C) groups is 1. The maximum atomic E-state index is 5.66. The Morgan fingerprint density at radius 1 is 1.30 bits per heavy atom. The monoisotopic (exact) mass is 369 g/mol. The van der Waals surface area contributed by atoms with Crippen LogP contribution in [0.1, 0.15) is 36.2 Å². The summed E-state index contributed by atoms with van der Waals surface area (Å²) in [5, 5.41) is 6.73. The molecule has 0 saturated heterocycles. The molecule has 6 heteroatoms. The fourth-order valence-electron chi connectivity index (χ4n) is 2.93. The Hall–Kier alpha value is -2.34. The lowest BCUT2D eigenvalue weighted by Gasteiger charge is -2.13. The third-order valence-electron chi connectivity index (χ3n) is 4.76. The van der Waals surface area contributed by atoms with E-state index >= 15 is 0 Å². The van der Waals surface area contributed by atoms with Crippen molar-refractivity contribution in [3.63, 3.8) is 0 Å². The third-order valence-corrected chi connectivity index (χ3v) is 4.76. The van der Waals surface area contributed by atoms with E-state index in [1.54, 1.807) is 7.05 Å². The van der Waals surface area contributed by atoms with Crippen LogP contribution < -0.4 is 10.6 Å². The molecule has 3 rings (SSSR count).